The summed E-state index contributed by atoms with van der Waals surface area (Å²) in [5.74, 6) is 6.53. The van der Waals surface area contributed by atoms with E-state index in [0.717, 1.165) is 29.9 Å². The molecule has 1 atom stereocenters. The van der Waals surface area contributed by atoms with Crippen LogP contribution in [0, 0.1) is 0 Å². The van der Waals surface area contributed by atoms with Crippen LogP contribution in [0.1, 0.15) is 30.5 Å². The number of hydrogen-bond acceptors (Lipinski definition) is 4. The molecule has 0 amide bonds. The molecule has 0 aliphatic rings. The van der Waals surface area contributed by atoms with Gasteiger partial charge in [-0.15, -0.1) is 0 Å². The van der Waals surface area contributed by atoms with Gasteiger partial charge in [0.15, 0.2) is 0 Å². The van der Waals surface area contributed by atoms with E-state index in [-0.39, 0.29) is 6.04 Å². The molecule has 102 valence electrons. The first-order chi connectivity index (χ1) is 9.24. The third-order valence-corrected chi connectivity index (χ3v) is 2.91. The minimum absolute atomic E-state index is 0.0612. The van der Waals surface area contributed by atoms with E-state index >= 15 is 0 Å². The maximum Gasteiger partial charge on any atom is 0.119 e. The maximum atomic E-state index is 5.65. The van der Waals surface area contributed by atoms with Crippen LogP contribution in [0.2, 0.25) is 0 Å². The highest BCUT2D eigenvalue weighted by Gasteiger charge is 2.13. The lowest BCUT2D eigenvalue weighted by atomic mass is 10.0. The predicted octanol–water partition coefficient (Wildman–Crippen LogP) is 1.76. The summed E-state index contributed by atoms with van der Waals surface area (Å²) < 4.78 is 7.33. The second-order valence-electron chi connectivity index (χ2n) is 4.46. The van der Waals surface area contributed by atoms with Crippen LogP contribution in [0.3, 0.4) is 0 Å². The topological polar surface area (TPSA) is 65.1 Å². The number of nitrogens with zero attached hydrogens (tertiary/aromatic N) is 2. The molecule has 0 saturated carbocycles. The quantitative estimate of drug-likeness (QED) is 0.613. The molecule has 5 heteroatoms. The first-order valence-corrected chi connectivity index (χ1v) is 6.42. The monoisotopic (exact) mass is 260 g/mol. The second-order valence-corrected chi connectivity index (χ2v) is 4.46. The Morgan fingerprint density at radius 2 is 2.05 bits per heavy atom. The molecular weight excluding hydrogens is 240 g/mol. The summed E-state index contributed by atoms with van der Waals surface area (Å²) in [6.45, 7) is 2.83. The average Bonchev–Trinajstić information content (AvgIpc) is 2.85. The zero-order valence-electron chi connectivity index (χ0n) is 11.3. The summed E-state index contributed by atoms with van der Waals surface area (Å²) in [7, 11) is 1.89. The van der Waals surface area contributed by atoms with Gasteiger partial charge in [-0.25, -0.2) is 5.43 Å². The normalized spacial score (nSPS) is 12.4. The molecule has 2 aromatic rings. The number of ether oxygens (including phenoxy) is 1. The van der Waals surface area contributed by atoms with Crippen LogP contribution in [-0.2, 0) is 7.05 Å². The minimum Gasteiger partial charge on any atom is -0.494 e. The smallest absolute Gasteiger partial charge is 0.119 e. The van der Waals surface area contributed by atoms with E-state index in [1.165, 1.54) is 0 Å². The highest BCUT2D eigenvalue weighted by atomic mass is 16.5. The molecule has 0 aliphatic carbocycles. The lowest BCUT2D eigenvalue weighted by Crippen LogP contribution is -2.28. The van der Waals surface area contributed by atoms with E-state index in [0.29, 0.717) is 0 Å². The fraction of sp³-hybridized carbons (Fsp3) is 0.357. The van der Waals surface area contributed by atoms with Crippen molar-refractivity contribution in [2.75, 3.05) is 6.61 Å². The fourth-order valence-corrected chi connectivity index (χ4v) is 1.95. The Bertz CT molecular complexity index is 506. The van der Waals surface area contributed by atoms with Crippen LogP contribution in [0.25, 0.3) is 0 Å². The lowest BCUT2D eigenvalue weighted by molar-refractivity contribution is 0.317. The number of rotatable bonds is 6. The Morgan fingerprint density at radius 3 is 2.58 bits per heavy atom. The van der Waals surface area contributed by atoms with Gasteiger partial charge in [-0.3, -0.25) is 10.5 Å². The van der Waals surface area contributed by atoms with E-state index in [4.69, 9.17) is 10.6 Å². The molecule has 1 aromatic heterocycles. The van der Waals surface area contributed by atoms with Crippen molar-refractivity contribution in [3.05, 3.63) is 47.8 Å². The highest BCUT2D eigenvalue weighted by molar-refractivity contribution is 5.33. The van der Waals surface area contributed by atoms with E-state index < -0.39 is 0 Å². The van der Waals surface area contributed by atoms with Crippen molar-refractivity contribution in [3.8, 4) is 5.75 Å². The molecule has 1 unspecified atom stereocenters. The third-order valence-electron chi connectivity index (χ3n) is 2.91. The molecule has 3 N–H and O–H groups in total. The van der Waals surface area contributed by atoms with Crippen molar-refractivity contribution >= 4 is 0 Å². The van der Waals surface area contributed by atoms with Crippen molar-refractivity contribution in [2.45, 2.75) is 19.4 Å². The van der Waals surface area contributed by atoms with Gasteiger partial charge in [-0.2, -0.15) is 5.10 Å². The van der Waals surface area contributed by atoms with E-state index in [9.17, 15) is 0 Å². The number of aryl methyl sites for hydroxylation is 1. The van der Waals surface area contributed by atoms with Gasteiger partial charge in [0, 0.05) is 18.8 Å². The number of hydrogen-bond donors (Lipinski definition) is 2. The summed E-state index contributed by atoms with van der Waals surface area (Å²) in [6, 6.07) is 7.90. The van der Waals surface area contributed by atoms with Gasteiger partial charge in [0.2, 0.25) is 0 Å². The summed E-state index contributed by atoms with van der Waals surface area (Å²) in [5, 5.41) is 4.17. The van der Waals surface area contributed by atoms with Gasteiger partial charge < -0.3 is 4.74 Å². The molecule has 1 aromatic carbocycles. The molecule has 0 aliphatic heterocycles. The number of benzene rings is 1. The molecular formula is C14H20N4O. The fourth-order valence-electron chi connectivity index (χ4n) is 1.95. The maximum absolute atomic E-state index is 5.65. The van der Waals surface area contributed by atoms with Gasteiger partial charge in [-0.1, -0.05) is 19.1 Å². The van der Waals surface area contributed by atoms with Crippen LogP contribution in [0.4, 0.5) is 0 Å². The summed E-state index contributed by atoms with van der Waals surface area (Å²) in [4.78, 5) is 0. The molecule has 19 heavy (non-hydrogen) atoms. The Hall–Kier alpha value is -1.85. The van der Waals surface area contributed by atoms with Crippen LogP contribution in [0.15, 0.2) is 36.7 Å². The number of nitrogens with one attached hydrogen (secondary N) is 1. The largest absolute Gasteiger partial charge is 0.494 e. The molecule has 0 radical (unpaired) electrons. The standard InChI is InChI=1S/C14H20N4O/c1-3-8-19-13-6-4-11(5-7-13)14(17-15)12-9-16-18(2)10-12/h4-7,9-10,14,17H,3,8,15H2,1-2H3. The molecule has 2 rings (SSSR count). The summed E-state index contributed by atoms with van der Waals surface area (Å²) in [6.07, 6.45) is 4.77. The van der Waals surface area contributed by atoms with Crippen LogP contribution in [0.5, 0.6) is 5.75 Å². The van der Waals surface area contributed by atoms with Crippen LogP contribution in [-0.4, -0.2) is 16.4 Å². The van der Waals surface area contributed by atoms with Crippen molar-refractivity contribution in [1.29, 1.82) is 0 Å². The predicted molar refractivity (Wildman–Crippen MR) is 74.6 cm³/mol. The van der Waals surface area contributed by atoms with Crippen LogP contribution >= 0.6 is 0 Å². The van der Waals surface area contributed by atoms with Crippen molar-refractivity contribution in [2.24, 2.45) is 12.9 Å². The Morgan fingerprint density at radius 1 is 1.32 bits per heavy atom. The summed E-state index contributed by atoms with van der Waals surface area (Å²) in [5.41, 5.74) is 4.93. The summed E-state index contributed by atoms with van der Waals surface area (Å²) >= 11 is 0. The van der Waals surface area contributed by atoms with E-state index in [2.05, 4.69) is 17.4 Å². The number of hydrazine groups is 1. The average molecular weight is 260 g/mol. The van der Waals surface area contributed by atoms with Crippen molar-refractivity contribution in [1.82, 2.24) is 15.2 Å². The Labute approximate surface area is 113 Å². The Kier molecular flexibility index (Phi) is 4.54. The second kappa shape index (κ2) is 6.36. The lowest BCUT2D eigenvalue weighted by Gasteiger charge is -2.15. The van der Waals surface area contributed by atoms with Gasteiger partial charge in [0.25, 0.3) is 0 Å². The first kappa shape index (κ1) is 13.6. The zero-order chi connectivity index (χ0) is 13.7. The molecule has 0 spiro atoms. The van der Waals surface area contributed by atoms with Crippen molar-refractivity contribution < 1.29 is 4.74 Å². The van der Waals surface area contributed by atoms with E-state index in [1.807, 2.05) is 43.7 Å². The third kappa shape index (κ3) is 3.33. The molecule has 0 bridgehead atoms. The number of aromatic nitrogens is 2. The van der Waals surface area contributed by atoms with Gasteiger partial charge in [0.05, 0.1) is 18.8 Å². The SMILES string of the molecule is CCCOc1ccc(C(NN)c2cnn(C)c2)cc1. The Balaban J connectivity index is 2.15. The number of nitrogens with two attached hydrogens (primary N) is 1. The van der Waals surface area contributed by atoms with Gasteiger partial charge in [0.1, 0.15) is 5.75 Å². The molecule has 0 fully saturated rings. The van der Waals surface area contributed by atoms with Crippen molar-refractivity contribution in [3.63, 3.8) is 0 Å². The van der Waals surface area contributed by atoms with E-state index in [1.54, 1.807) is 4.68 Å². The molecule has 5 nitrogen and oxygen atoms in total. The van der Waals surface area contributed by atoms with Gasteiger partial charge >= 0.3 is 0 Å². The highest BCUT2D eigenvalue weighted by Crippen LogP contribution is 2.23. The first-order valence-electron chi connectivity index (χ1n) is 6.42. The van der Waals surface area contributed by atoms with Crippen LogP contribution < -0.4 is 16.0 Å². The molecule has 0 saturated heterocycles. The molecule has 1 heterocycles. The minimum atomic E-state index is -0.0612. The van der Waals surface area contributed by atoms with Gasteiger partial charge in [-0.05, 0) is 24.1 Å². The zero-order valence-corrected chi connectivity index (χ0v) is 11.3.